The fourth-order valence-electron chi connectivity index (χ4n) is 2.87. The van der Waals surface area contributed by atoms with E-state index in [1.807, 2.05) is 37.3 Å². The van der Waals surface area contributed by atoms with Gasteiger partial charge in [-0.25, -0.2) is 8.42 Å². The zero-order valence-corrected chi connectivity index (χ0v) is 16.8. The molecule has 0 aliphatic carbocycles. The van der Waals surface area contributed by atoms with Crippen molar-refractivity contribution in [1.82, 2.24) is 0 Å². The van der Waals surface area contributed by atoms with Crippen LogP contribution < -0.4 is 9.62 Å². The minimum absolute atomic E-state index is 0.306. The summed E-state index contributed by atoms with van der Waals surface area (Å²) in [6, 6.07) is 14.4. The number of para-hydroxylation sites is 1. The van der Waals surface area contributed by atoms with E-state index >= 15 is 0 Å². The van der Waals surface area contributed by atoms with Crippen LogP contribution in [0.4, 0.5) is 11.4 Å². The molecule has 2 rings (SSSR count). The van der Waals surface area contributed by atoms with Crippen LogP contribution in [-0.4, -0.2) is 21.5 Å². The van der Waals surface area contributed by atoms with Crippen molar-refractivity contribution in [3.63, 3.8) is 0 Å². The van der Waals surface area contributed by atoms with Gasteiger partial charge in [0.05, 0.1) is 4.90 Å². The van der Waals surface area contributed by atoms with Gasteiger partial charge in [0.25, 0.3) is 10.0 Å². The summed E-state index contributed by atoms with van der Waals surface area (Å²) in [6.07, 6.45) is 4.44. The van der Waals surface area contributed by atoms with E-state index in [1.165, 1.54) is 0 Å². The quantitative estimate of drug-likeness (QED) is 0.621. The lowest BCUT2D eigenvalue weighted by Gasteiger charge is -2.27. The van der Waals surface area contributed by atoms with Gasteiger partial charge in [-0.15, -0.1) is 0 Å². The third-order valence-corrected chi connectivity index (χ3v) is 5.80. The molecule has 0 spiro atoms. The number of benzene rings is 2. The van der Waals surface area contributed by atoms with E-state index < -0.39 is 10.0 Å². The molecule has 0 unspecified atom stereocenters. The topological polar surface area (TPSA) is 49.4 Å². The molecule has 0 saturated carbocycles. The van der Waals surface area contributed by atoms with E-state index in [4.69, 9.17) is 0 Å². The number of sulfonamides is 1. The first-order chi connectivity index (χ1) is 12.5. The van der Waals surface area contributed by atoms with Gasteiger partial charge in [-0.05, 0) is 49.6 Å². The van der Waals surface area contributed by atoms with Gasteiger partial charge in [-0.2, -0.15) is 0 Å². The molecule has 2 aromatic carbocycles. The Labute approximate surface area is 158 Å². The Morgan fingerprint density at radius 1 is 0.923 bits per heavy atom. The zero-order valence-electron chi connectivity index (χ0n) is 16.0. The van der Waals surface area contributed by atoms with Crippen LogP contribution in [0.1, 0.15) is 45.1 Å². The monoisotopic (exact) mass is 374 g/mol. The van der Waals surface area contributed by atoms with Crippen LogP contribution in [0.15, 0.2) is 53.4 Å². The SMILES string of the molecule is CCCCN(CCCC)c1cc(S(=O)(=O)Nc2ccccc2)ccc1C. The lowest BCUT2D eigenvalue weighted by Crippen LogP contribution is -2.26. The molecule has 0 saturated heterocycles. The summed E-state index contributed by atoms with van der Waals surface area (Å²) < 4.78 is 28.2. The highest BCUT2D eigenvalue weighted by Crippen LogP contribution is 2.26. The molecule has 0 radical (unpaired) electrons. The highest BCUT2D eigenvalue weighted by atomic mass is 32.2. The largest absolute Gasteiger partial charge is 0.371 e. The standard InChI is InChI=1S/C21H30N2O2S/c1-4-6-15-23(16-7-5-2)21-17-20(14-13-18(21)3)26(24,25)22-19-11-9-8-10-12-19/h8-14,17,22H,4-7,15-16H2,1-3H3. The van der Waals surface area contributed by atoms with Crippen LogP contribution in [0, 0.1) is 6.92 Å². The summed E-state index contributed by atoms with van der Waals surface area (Å²) in [6.45, 7) is 8.30. The highest BCUT2D eigenvalue weighted by molar-refractivity contribution is 7.92. The van der Waals surface area contributed by atoms with Gasteiger partial charge in [0.2, 0.25) is 0 Å². The van der Waals surface area contributed by atoms with Crippen LogP contribution in [0.3, 0.4) is 0 Å². The van der Waals surface area contributed by atoms with E-state index in [1.54, 1.807) is 18.2 Å². The van der Waals surface area contributed by atoms with Gasteiger partial charge in [0.15, 0.2) is 0 Å². The number of anilines is 2. The Kier molecular flexibility index (Phi) is 7.51. The van der Waals surface area contributed by atoms with Crippen molar-refractivity contribution in [2.75, 3.05) is 22.7 Å². The van der Waals surface area contributed by atoms with Crippen LogP contribution >= 0.6 is 0 Å². The van der Waals surface area contributed by atoms with Crippen LogP contribution in [0.5, 0.6) is 0 Å². The number of aryl methyl sites for hydroxylation is 1. The number of nitrogens with one attached hydrogen (secondary N) is 1. The average Bonchev–Trinajstić information content (AvgIpc) is 2.63. The van der Waals surface area contributed by atoms with E-state index in [0.717, 1.165) is 50.0 Å². The molecule has 0 fully saturated rings. The maximum atomic E-state index is 12.8. The number of nitrogens with zero attached hydrogens (tertiary/aromatic N) is 1. The number of rotatable bonds is 10. The van der Waals surface area contributed by atoms with E-state index in [0.29, 0.717) is 10.6 Å². The maximum absolute atomic E-state index is 12.8. The van der Waals surface area contributed by atoms with Crippen molar-refractivity contribution in [2.45, 2.75) is 51.3 Å². The molecule has 5 heteroatoms. The molecule has 4 nitrogen and oxygen atoms in total. The number of hydrogen-bond acceptors (Lipinski definition) is 3. The normalized spacial score (nSPS) is 11.3. The lowest BCUT2D eigenvalue weighted by atomic mass is 10.1. The minimum atomic E-state index is -3.60. The molecule has 1 N–H and O–H groups in total. The molecule has 0 aromatic heterocycles. The molecule has 142 valence electrons. The van der Waals surface area contributed by atoms with Crippen molar-refractivity contribution in [2.24, 2.45) is 0 Å². The van der Waals surface area contributed by atoms with Crippen molar-refractivity contribution in [3.8, 4) is 0 Å². The first-order valence-corrected chi connectivity index (χ1v) is 10.9. The second-order valence-corrected chi connectivity index (χ2v) is 8.30. The van der Waals surface area contributed by atoms with Gasteiger partial charge in [0, 0.05) is 24.5 Å². The molecular weight excluding hydrogens is 344 g/mol. The van der Waals surface area contributed by atoms with Gasteiger partial charge < -0.3 is 4.90 Å². The third kappa shape index (κ3) is 5.49. The van der Waals surface area contributed by atoms with Gasteiger partial charge in [0.1, 0.15) is 0 Å². The summed E-state index contributed by atoms with van der Waals surface area (Å²) in [4.78, 5) is 2.63. The summed E-state index contributed by atoms with van der Waals surface area (Å²) in [7, 11) is -3.60. The molecule has 2 aromatic rings. The molecule has 0 amide bonds. The van der Waals surface area contributed by atoms with Gasteiger partial charge >= 0.3 is 0 Å². The summed E-state index contributed by atoms with van der Waals surface area (Å²) in [5.74, 6) is 0. The van der Waals surface area contributed by atoms with Crippen LogP contribution in [0.2, 0.25) is 0 Å². The second kappa shape index (κ2) is 9.62. The Hall–Kier alpha value is -2.01. The Bertz CT molecular complexity index is 781. The number of unbranched alkanes of at least 4 members (excludes halogenated alkanes) is 2. The van der Waals surface area contributed by atoms with Gasteiger partial charge in [-0.3, -0.25) is 4.72 Å². The first kappa shape index (κ1) is 20.3. The average molecular weight is 375 g/mol. The predicted octanol–water partition coefficient (Wildman–Crippen LogP) is 5.20. The molecule has 0 aliphatic heterocycles. The molecule has 0 heterocycles. The molecule has 26 heavy (non-hydrogen) atoms. The maximum Gasteiger partial charge on any atom is 0.261 e. The van der Waals surface area contributed by atoms with E-state index in [2.05, 4.69) is 23.5 Å². The third-order valence-electron chi connectivity index (χ3n) is 4.42. The van der Waals surface area contributed by atoms with Crippen molar-refractivity contribution < 1.29 is 8.42 Å². The Morgan fingerprint density at radius 3 is 2.12 bits per heavy atom. The fourth-order valence-corrected chi connectivity index (χ4v) is 3.95. The minimum Gasteiger partial charge on any atom is -0.371 e. The lowest BCUT2D eigenvalue weighted by molar-refractivity contribution is 0.601. The molecule has 0 bridgehead atoms. The second-order valence-electron chi connectivity index (χ2n) is 6.61. The summed E-state index contributed by atoms with van der Waals surface area (Å²) in [5.41, 5.74) is 2.70. The Balaban J connectivity index is 2.31. The van der Waals surface area contributed by atoms with E-state index in [9.17, 15) is 8.42 Å². The fraction of sp³-hybridized carbons (Fsp3) is 0.429. The summed E-state index contributed by atoms with van der Waals surface area (Å²) in [5, 5.41) is 0. The van der Waals surface area contributed by atoms with Crippen LogP contribution in [0.25, 0.3) is 0 Å². The van der Waals surface area contributed by atoms with Crippen molar-refractivity contribution >= 4 is 21.4 Å². The summed E-state index contributed by atoms with van der Waals surface area (Å²) >= 11 is 0. The number of hydrogen-bond donors (Lipinski definition) is 1. The first-order valence-electron chi connectivity index (χ1n) is 9.41. The Morgan fingerprint density at radius 2 is 1.54 bits per heavy atom. The highest BCUT2D eigenvalue weighted by Gasteiger charge is 2.18. The molecule has 0 atom stereocenters. The smallest absolute Gasteiger partial charge is 0.261 e. The van der Waals surface area contributed by atoms with Crippen molar-refractivity contribution in [1.29, 1.82) is 0 Å². The molecule has 0 aliphatic rings. The van der Waals surface area contributed by atoms with Gasteiger partial charge in [-0.1, -0.05) is 51.0 Å². The zero-order chi connectivity index (χ0) is 19.0. The molecular formula is C21H30N2O2S. The van der Waals surface area contributed by atoms with Crippen molar-refractivity contribution in [3.05, 3.63) is 54.1 Å². The van der Waals surface area contributed by atoms with E-state index in [-0.39, 0.29) is 0 Å². The predicted molar refractivity (Wildman–Crippen MR) is 110 cm³/mol. The van der Waals surface area contributed by atoms with Crippen LogP contribution in [-0.2, 0) is 10.0 Å².